The minimum atomic E-state index is 0.263. The number of hydrogen-bond donors (Lipinski definition) is 1. The van der Waals surface area contributed by atoms with Crippen molar-refractivity contribution in [3.8, 4) is 0 Å². The summed E-state index contributed by atoms with van der Waals surface area (Å²) in [5.41, 5.74) is 12.8. The number of anilines is 1. The summed E-state index contributed by atoms with van der Waals surface area (Å²) in [7, 11) is 0. The van der Waals surface area contributed by atoms with Crippen molar-refractivity contribution in [2.75, 3.05) is 5.73 Å². The predicted molar refractivity (Wildman–Crippen MR) is 114 cm³/mol. The van der Waals surface area contributed by atoms with Gasteiger partial charge in [-0.05, 0) is 50.3 Å². The Morgan fingerprint density at radius 1 is 1.41 bits per heavy atom. The zero-order chi connectivity index (χ0) is 19.6. The second-order valence-electron chi connectivity index (χ2n) is 7.71. The first-order valence-electron chi connectivity index (χ1n) is 9.82. The van der Waals surface area contributed by atoms with E-state index in [4.69, 9.17) is 10.2 Å². The van der Waals surface area contributed by atoms with Gasteiger partial charge >= 0.3 is 0 Å². The van der Waals surface area contributed by atoms with Crippen molar-refractivity contribution in [2.45, 2.75) is 47.5 Å². The Morgan fingerprint density at radius 2 is 2.19 bits per heavy atom. The molecule has 2 aromatic heterocycles. The molecule has 142 valence electrons. The summed E-state index contributed by atoms with van der Waals surface area (Å²) in [6.45, 7) is 10.8. The van der Waals surface area contributed by atoms with Gasteiger partial charge in [-0.3, -0.25) is 4.98 Å². The van der Waals surface area contributed by atoms with Crippen LogP contribution in [-0.2, 0) is 0 Å². The molecule has 27 heavy (non-hydrogen) atoms. The topological polar surface area (TPSA) is 52.0 Å². The van der Waals surface area contributed by atoms with E-state index in [1.54, 1.807) is 0 Å². The zero-order valence-corrected chi connectivity index (χ0v) is 17.0. The minimum Gasteiger partial charge on any atom is -0.440 e. The Kier molecular flexibility index (Phi) is 5.69. The largest absolute Gasteiger partial charge is 0.440 e. The zero-order valence-electron chi connectivity index (χ0n) is 17.0. The third-order valence-electron chi connectivity index (χ3n) is 5.08. The summed E-state index contributed by atoms with van der Waals surface area (Å²) >= 11 is 0. The molecule has 0 radical (unpaired) electrons. The molecule has 0 aromatic carbocycles. The number of aryl methyl sites for hydroxylation is 1. The van der Waals surface area contributed by atoms with Crippen molar-refractivity contribution in [3.63, 3.8) is 0 Å². The van der Waals surface area contributed by atoms with Crippen LogP contribution in [0.15, 0.2) is 40.5 Å². The van der Waals surface area contributed by atoms with Crippen LogP contribution < -0.4 is 16.4 Å². The Bertz CT molecular complexity index is 1010. The van der Waals surface area contributed by atoms with E-state index >= 15 is 0 Å². The van der Waals surface area contributed by atoms with Crippen molar-refractivity contribution in [2.24, 2.45) is 11.8 Å². The summed E-state index contributed by atoms with van der Waals surface area (Å²) in [5, 5.41) is 1.10. The number of fused-ring (bicyclic) bond motifs is 1. The Morgan fingerprint density at radius 3 is 2.85 bits per heavy atom. The lowest BCUT2D eigenvalue weighted by atomic mass is 9.83. The van der Waals surface area contributed by atoms with Gasteiger partial charge in [-0.2, -0.15) is 0 Å². The summed E-state index contributed by atoms with van der Waals surface area (Å²) in [5.74, 6) is 1.21. The number of furan rings is 1. The normalized spacial score (nSPS) is 17.5. The number of allylic oxidation sites excluding steroid dienone is 3. The quantitative estimate of drug-likeness (QED) is 0.792. The summed E-state index contributed by atoms with van der Waals surface area (Å²) in [4.78, 5) is 4.67. The lowest BCUT2D eigenvalue weighted by Crippen LogP contribution is -2.32. The molecular formula is C24H30N2O. The second kappa shape index (κ2) is 7.99. The maximum Gasteiger partial charge on any atom is 0.198 e. The molecule has 1 aliphatic carbocycles. The van der Waals surface area contributed by atoms with Gasteiger partial charge in [0.05, 0.1) is 5.69 Å². The molecule has 1 unspecified atom stereocenters. The van der Waals surface area contributed by atoms with E-state index in [-0.39, 0.29) is 5.92 Å². The summed E-state index contributed by atoms with van der Waals surface area (Å²) < 4.78 is 6.13. The first-order valence-corrected chi connectivity index (χ1v) is 9.82. The van der Waals surface area contributed by atoms with Crippen molar-refractivity contribution >= 4 is 23.6 Å². The minimum absolute atomic E-state index is 0.263. The van der Waals surface area contributed by atoms with Gasteiger partial charge in [0.25, 0.3) is 0 Å². The molecule has 0 spiro atoms. The van der Waals surface area contributed by atoms with Crippen LogP contribution in [0.4, 0.5) is 5.88 Å². The molecule has 0 aliphatic heterocycles. The van der Waals surface area contributed by atoms with E-state index in [1.165, 1.54) is 11.1 Å². The maximum atomic E-state index is 6.27. The molecule has 2 N–H and O–H groups in total. The number of nitrogens with two attached hydrogens (primary N) is 1. The fourth-order valence-electron chi connectivity index (χ4n) is 3.71. The van der Waals surface area contributed by atoms with Gasteiger partial charge in [-0.1, -0.05) is 50.6 Å². The number of hydrogen-bond acceptors (Lipinski definition) is 3. The van der Waals surface area contributed by atoms with Gasteiger partial charge in [-0.25, -0.2) is 0 Å². The van der Waals surface area contributed by atoms with Crippen LogP contribution in [0.2, 0.25) is 0 Å². The maximum absolute atomic E-state index is 6.27. The highest BCUT2D eigenvalue weighted by molar-refractivity contribution is 5.73. The molecule has 3 heteroatoms. The van der Waals surface area contributed by atoms with Gasteiger partial charge in [-0.15, -0.1) is 0 Å². The fraction of sp³-hybridized carbons (Fsp3) is 0.375. The average Bonchev–Trinajstić information content (AvgIpc) is 2.94. The molecule has 0 saturated carbocycles. The molecular weight excluding hydrogens is 332 g/mol. The molecule has 1 aliphatic rings. The lowest BCUT2D eigenvalue weighted by Gasteiger charge is -2.22. The fourth-order valence-corrected chi connectivity index (χ4v) is 3.71. The van der Waals surface area contributed by atoms with Crippen LogP contribution in [0.5, 0.6) is 0 Å². The molecule has 3 nitrogen and oxygen atoms in total. The van der Waals surface area contributed by atoms with Crippen molar-refractivity contribution in [3.05, 3.63) is 63.5 Å². The third kappa shape index (κ3) is 3.92. The number of nitrogens with zero attached hydrogens (tertiary/aromatic N) is 1. The Balaban J connectivity index is 2.31. The van der Waals surface area contributed by atoms with E-state index in [2.05, 4.69) is 70.0 Å². The van der Waals surface area contributed by atoms with Crippen LogP contribution in [0.25, 0.3) is 17.7 Å². The van der Waals surface area contributed by atoms with E-state index in [1.807, 2.05) is 12.3 Å². The monoisotopic (exact) mass is 362 g/mol. The molecule has 2 heterocycles. The number of pyridine rings is 1. The SMILES string of the molecule is CCC=C(C)C1CC=c2c(/C=C\C(C)C)c(N)oc2=C1c1cc(C)ccn1. The first-order chi connectivity index (χ1) is 12.9. The third-order valence-corrected chi connectivity index (χ3v) is 5.08. The lowest BCUT2D eigenvalue weighted by molar-refractivity contribution is 0.537. The highest BCUT2D eigenvalue weighted by Gasteiger charge is 2.25. The van der Waals surface area contributed by atoms with Crippen molar-refractivity contribution in [1.82, 2.24) is 4.98 Å². The van der Waals surface area contributed by atoms with Crippen molar-refractivity contribution in [1.29, 1.82) is 0 Å². The van der Waals surface area contributed by atoms with Gasteiger partial charge < -0.3 is 10.2 Å². The van der Waals surface area contributed by atoms with Crippen LogP contribution in [0.3, 0.4) is 0 Å². The van der Waals surface area contributed by atoms with E-state index in [9.17, 15) is 0 Å². The first kappa shape index (κ1) is 19.2. The number of aromatic nitrogens is 1. The van der Waals surface area contributed by atoms with Gasteiger partial charge in [0.2, 0.25) is 0 Å². The standard InChI is InChI=1S/C24H30N2O/c1-6-7-17(5)18-10-11-19-20(9-8-15(2)3)24(25)27-23(19)22(18)21-14-16(4)12-13-26-21/h7-9,11-15,18H,6,10,25H2,1-5H3/b9-8-,17-7?. The average molecular weight is 363 g/mol. The molecule has 0 amide bonds. The van der Waals surface area contributed by atoms with Crippen LogP contribution in [0, 0.1) is 18.8 Å². The van der Waals surface area contributed by atoms with Gasteiger partial charge in [0.15, 0.2) is 5.88 Å². The second-order valence-corrected chi connectivity index (χ2v) is 7.71. The summed E-state index contributed by atoms with van der Waals surface area (Å²) in [6.07, 6.45) is 12.6. The molecule has 1 atom stereocenters. The van der Waals surface area contributed by atoms with Gasteiger partial charge in [0, 0.05) is 28.5 Å². The smallest absolute Gasteiger partial charge is 0.198 e. The summed E-state index contributed by atoms with van der Waals surface area (Å²) in [6, 6.07) is 4.16. The molecule has 0 fully saturated rings. The van der Waals surface area contributed by atoms with Crippen LogP contribution >= 0.6 is 0 Å². The highest BCUT2D eigenvalue weighted by Crippen LogP contribution is 2.32. The van der Waals surface area contributed by atoms with Crippen LogP contribution in [0.1, 0.15) is 57.4 Å². The molecule has 2 aromatic rings. The molecule has 0 bridgehead atoms. The molecule has 0 saturated heterocycles. The van der Waals surface area contributed by atoms with E-state index in [0.29, 0.717) is 11.8 Å². The van der Waals surface area contributed by atoms with Gasteiger partial charge in [0.1, 0.15) is 5.42 Å². The highest BCUT2D eigenvalue weighted by atomic mass is 16.3. The van der Waals surface area contributed by atoms with Crippen LogP contribution in [-0.4, -0.2) is 4.98 Å². The van der Waals surface area contributed by atoms with E-state index in [0.717, 1.165) is 40.3 Å². The Hall–Kier alpha value is -2.55. The number of rotatable bonds is 5. The van der Waals surface area contributed by atoms with E-state index < -0.39 is 0 Å². The predicted octanol–water partition coefficient (Wildman–Crippen LogP) is 4.59. The number of nitrogen functional groups attached to an aromatic ring is 1. The Labute approximate surface area is 162 Å². The molecule has 3 rings (SSSR count). The van der Waals surface area contributed by atoms with Crippen molar-refractivity contribution < 1.29 is 4.42 Å².